The van der Waals surface area contributed by atoms with Crippen LogP contribution in [0.3, 0.4) is 0 Å². The number of aromatic nitrogens is 3. The lowest BCUT2D eigenvalue weighted by molar-refractivity contribution is 0.475. The van der Waals surface area contributed by atoms with Gasteiger partial charge in [-0.2, -0.15) is 0 Å². The van der Waals surface area contributed by atoms with Crippen molar-refractivity contribution in [2.75, 3.05) is 0 Å². The Morgan fingerprint density at radius 2 is 1.90 bits per heavy atom. The van der Waals surface area contributed by atoms with Gasteiger partial charge in [0.05, 0.1) is 23.8 Å². The van der Waals surface area contributed by atoms with Gasteiger partial charge in [0.15, 0.2) is 5.65 Å². The number of aromatic hydroxyl groups is 1. The second kappa shape index (κ2) is 4.59. The van der Waals surface area contributed by atoms with Crippen molar-refractivity contribution in [3.8, 4) is 17.0 Å². The molecule has 102 valence electrons. The van der Waals surface area contributed by atoms with E-state index in [1.807, 2.05) is 24.5 Å². The Bertz CT molecular complexity index is 873. The van der Waals surface area contributed by atoms with E-state index < -0.39 is 0 Å². The summed E-state index contributed by atoms with van der Waals surface area (Å²) in [4.78, 5) is 8.84. The van der Waals surface area contributed by atoms with Gasteiger partial charge >= 0.3 is 0 Å². The number of phenols is 1. The molecule has 4 rings (SSSR count). The maximum atomic E-state index is 9.38. The molecule has 1 aliphatic carbocycles. The minimum atomic E-state index is 0.254. The van der Waals surface area contributed by atoms with Crippen molar-refractivity contribution in [3.63, 3.8) is 0 Å². The minimum Gasteiger partial charge on any atom is -0.508 e. The number of fused-ring (bicyclic) bond motifs is 1. The molecule has 2 heterocycles. The molecule has 0 atom stereocenters. The second-order valence-corrected chi connectivity index (χ2v) is 4.99. The third-order valence-corrected chi connectivity index (χ3v) is 3.63. The Balaban J connectivity index is 1.86. The first-order valence-electron chi connectivity index (χ1n) is 6.81. The van der Waals surface area contributed by atoms with Crippen LogP contribution in [0, 0.1) is 0 Å². The van der Waals surface area contributed by atoms with Crippen molar-refractivity contribution in [2.45, 2.75) is 6.42 Å². The highest BCUT2D eigenvalue weighted by Gasteiger charge is 2.10. The van der Waals surface area contributed by atoms with Crippen LogP contribution in [0.5, 0.6) is 5.75 Å². The van der Waals surface area contributed by atoms with Gasteiger partial charge in [0, 0.05) is 11.8 Å². The Morgan fingerprint density at radius 1 is 1.05 bits per heavy atom. The predicted molar refractivity (Wildman–Crippen MR) is 81.8 cm³/mol. The van der Waals surface area contributed by atoms with Crippen LogP contribution in [0.1, 0.15) is 12.1 Å². The highest BCUT2D eigenvalue weighted by atomic mass is 16.3. The van der Waals surface area contributed by atoms with Gasteiger partial charge in [0.2, 0.25) is 0 Å². The smallest absolute Gasteiger partial charge is 0.155 e. The van der Waals surface area contributed by atoms with E-state index in [0.717, 1.165) is 29.0 Å². The van der Waals surface area contributed by atoms with Crippen LogP contribution in [0.4, 0.5) is 0 Å². The van der Waals surface area contributed by atoms with E-state index in [2.05, 4.69) is 32.6 Å². The number of allylic oxidation sites excluding steroid dienone is 4. The number of imidazole rings is 1. The average Bonchev–Trinajstić information content (AvgIpc) is 3.16. The quantitative estimate of drug-likeness (QED) is 0.779. The lowest BCUT2D eigenvalue weighted by Crippen LogP contribution is -1.94. The first-order chi connectivity index (χ1) is 10.3. The maximum absolute atomic E-state index is 9.38. The number of hydrogen-bond acceptors (Lipinski definition) is 3. The summed E-state index contributed by atoms with van der Waals surface area (Å²) in [6.45, 7) is 0. The van der Waals surface area contributed by atoms with Gasteiger partial charge in [0.1, 0.15) is 5.75 Å². The van der Waals surface area contributed by atoms with Gasteiger partial charge in [-0.1, -0.05) is 18.2 Å². The molecule has 0 saturated carbocycles. The first-order valence-corrected chi connectivity index (χ1v) is 6.81. The highest BCUT2D eigenvalue weighted by Crippen LogP contribution is 2.25. The van der Waals surface area contributed by atoms with E-state index in [0.29, 0.717) is 0 Å². The third kappa shape index (κ3) is 2.01. The van der Waals surface area contributed by atoms with Crippen LogP contribution in [-0.2, 0) is 0 Å². The van der Waals surface area contributed by atoms with E-state index in [1.165, 1.54) is 5.57 Å². The molecule has 0 saturated heterocycles. The zero-order valence-electron chi connectivity index (χ0n) is 11.3. The van der Waals surface area contributed by atoms with Crippen molar-refractivity contribution in [1.82, 2.24) is 14.4 Å². The molecular formula is C17H13N3O. The van der Waals surface area contributed by atoms with Crippen LogP contribution in [-0.4, -0.2) is 19.5 Å². The molecule has 4 heteroatoms. The molecule has 0 aliphatic heterocycles. The summed E-state index contributed by atoms with van der Waals surface area (Å²) >= 11 is 0. The molecule has 1 N–H and O–H groups in total. The predicted octanol–water partition coefficient (Wildman–Crippen LogP) is 3.45. The minimum absolute atomic E-state index is 0.254. The Morgan fingerprint density at radius 3 is 2.67 bits per heavy atom. The normalized spacial score (nSPS) is 13.8. The zero-order chi connectivity index (χ0) is 14.2. The molecule has 0 spiro atoms. The largest absolute Gasteiger partial charge is 0.508 e. The summed E-state index contributed by atoms with van der Waals surface area (Å²) < 4.78 is 2.05. The molecule has 0 amide bonds. The number of nitrogens with zero attached hydrogens (tertiary/aromatic N) is 3. The van der Waals surface area contributed by atoms with Crippen LogP contribution in [0.25, 0.3) is 22.5 Å². The summed E-state index contributed by atoms with van der Waals surface area (Å²) in [5.74, 6) is 0.254. The second-order valence-electron chi connectivity index (χ2n) is 4.99. The summed E-state index contributed by atoms with van der Waals surface area (Å²) in [6.07, 6.45) is 13.0. The summed E-state index contributed by atoms with van der Waals surface area (Å²) in [5, 5.41) is 9.38. The first kappa shape index (κ1) is 11.9. The van der Waals surface area contributed by atoms with Crippen LogP contribution >= 0.6 is 0 Å². The van der Waals surface area contributed by atoms with Gasteiger partial charge in [-0.15, -0.1) is 0 Å². The number of rotatable bonds is 2. The van der Waals surface area contributed by atoms with Gasteiger partial charge in [-0.05, 0) is 36.3 Å². The number of hydrogen-bond donors (Lipinski definition) is 1. The van der Waals surface area contributed by atoms with Crippen molar-refractivity contribution in [1.29, 1.82) is 0 Å². The maximum Gasteiger partial charge on any atom is 0.155 e. The van der Waals surface area contributed by atoms with Crippen molar-refractivity contribution >= 4 is 11.2 Å². The monoisotopic (exact) mass is 275 g/mol. The third-order valence-electron chi connectivity index (χ3n) is 3.63. The van der Waals surface area contributed by atoms with Gasteiger partial charge in [-0.25, -0.2) is 4.98 Å². The van der Waals surface area contributed by atoms with E-state index >= 15 is 0 Å². The fourth-order valence-electron chi connectivity index (χ4n) is 2.53. The van der Waals surface area contributed by atoms with Crippen molar-refractivity contribution in [2.24, 2.45) is 0 Å². The summed E-state index contributed by atoms with van der Waals surface area (Å²) in [5.41, 5.74) is 4.90. The average molecular weight is 275 g/mol. The van der Waals surface area contributed by atoms with Gasteiger partial charge in [0.25, 0.3) is 0 Å². The molecule has 1 aromatic carbocycles. The molecule has 0 radical (unpaired) electrons. The molecule has 0 fully saturated rings. The highest BCUT2D eigenvalue weighted by molar-refractivity contribution is 5.76. The van der Waals surface area contributed by atoms with Gasteiger partial charge in [-0.3, -0.25) is 9.38 Å². The molecule has 3 aromatic rings. The van der Waals surface area contributed by atoms with Gasteiger partial charge < -0.3 is 5.11 Å². The molecule has 2 aromatic heterocycles. The molecular weight excluding hydrogens is 262 g/mol. The summed E-state index contributed by atoms with van der Waals surface area (Å²) in [7, 11) is 0. The van der Waals surface area contributed by atoms with E-state index in [4.69, 9.17) is 0 Å². The lowest BCUT2D eigenvalue weighted by Gasteiger charge is -2.05. The standard InChI is InChI=1S/C17H13N3O/c21-14-7-5-12(6-8-14)15-11-20-16(13-3-1-2-4-13)9-19-17(20)10-18-15/h1,3-11,21H,2H2. The Hall–Kier alpha value is -2.88. The molecule has 1 aliphatic rings. The van der Waals surface area contributed by atoms with E-state index in [1.54, 1.807) is 18.3 Å². The fourth-order valence-corrected chi connectivity index (χ4v) is 2.53. The number of benzene rings is 1. The Kier molecular flexibility index (Phi) is 2.60. The topological polar surface area (TPSA) is 50.4 Å². The lowest BCUT2D eigenvalue weighted by atomic mass is 10.1. The fraction of sp³-hybridized carbons (Fsp3) is 0.0588. The number of phenolic OH excluding ortho intramolecular Hbond substituents is 1. The summed E-state index contributed by atoms with van der Waals surface area (Å²) in [6, 6.07) is 7.04. The van der Waals surface area contributed by atoms with Crippen LogP contribution in [0.15, 0.2) is 61.1 Å². The molecule has 4 nitrogen and oxygen atoms in total. The molecule has 21 heavy (non-hydrogen) atoms. The molecule has 0 bridgehead atoms. The Labute approximate surface area is 121 Å². The van der Waals surface area contributed by atoms with Crippen LogP contribution in [0.2, 0.25) is 0 Å². The van der Waals surface area contributed by atoms with E-state index in [-0.39, 0.29) is 5.75 Å². The van der Waals surface area contributed by atoms with Crippen molar-refractivity contribution < 1.29 is 5.11 Å². The van der Waals surface area contributed by atoms with E-state index in [9.17, 15) is 5.11 Å². The zero-order valence-corrected chi connectivity index (χ0v) is 11.3. The SMILES string of the molecule is Oc1ccc(-c2cn3c(C4=CCC=C4)cnc3cn2)cc1. The molecule has 0 unspecified atom stereocenters. The van der Waals surface area contributed by atoms with Crippen LogP contribution < -0.4 is 0 Å². The van der Waals surface area contributed by atoms with Crippen molar-refractivity contribution in [3.05, 3.63) is 66.8 Å².